The van der Waals surface area contributed by atoms with Crippen molar-refractivity contribution < 1.29 is 13.9 Å². The number of para-hydroxylation sites is 1. The van der Waals surface area contributed by atoms with Crippen molar-refractivity contribution in [1.82, 2.24) is 0 Å². The molecule has 0 saturated heterocycles. The van der Waals surface area contributed by atoms with E-state index in [9.17, 15) is 4.79 Å². The number of hydrogen-bond acceptors (Lipinski definition) is 3. The summed E-state index contributed by atoms with van der Waals surface area (Å²) in [5.74, 6) is 1.16. The summed E-state index contributed by atoms with van der Waals surface area (Å²) < 4.78 is 11.0. The zero-order valence-electron chi connectivity index (χ0n) is 14.0. The number of halogens is 1. The SMILES string of the molecule is Cc1ccccc1OCc1cc(NC(=O)c2ccoc2C)ccc1Cl. The number of carbonyl (C=O) groups excluding carboxylic acids is 1. The summed E-state index contributed by atoms with van der Waals surface area (Å²) >= 11 is 6.26. The highest BCUT2D eigenvalue weighted by atomic mass is 35.5. The van der Waals surface area contributed by atoms with Crippen LogP contribution in [0.4, 0.5) is 5.69 Å². The standard InChI is InChI=1S/C20H18ClNO3/c1-13-5-3-4-6-19(13)25-12-15-11-16(7-8-18(15)21)22-20(23)17-9-10-24-14(17)2/h3-11H,12H2,1-2H3,(H,22,23). The fraction of sp³-hybridized carbons (Fsp3) is 0.150. The largest absolute Gasteiger partial charge is 0.489 e. The summed E-state index contributed by atoms with van der Waals surface area (Å²) in [6.45, 7) is 4.05. The number of nitrogens with one attached hydrogen (secondary N) is 1. The molecule has 0 spiro atoms. The van der Waals surface area contributed by atoms with E-state index in [1.807, 2.05) is 37.3 Å². The Morgan fingerprint density at radius 2 is 1.96 bits per heavy atom. The maximum Gasteiger partial charge on any atom is 0.259 e. The monoisotopic (exact) mass is 355 g/mol. The van der Waals surface area contributed by atoms with Crippen molar-refractivity contribution in [2.75, 3.05) is 5.32 Å². The van der Waals surface area contributed by atoms with Gasteiger partial charge in [0.1, 0.15) is 18.1 Å². The third kappa shape index (κ3) is 4.03. The van der Waals surface area contributed by atoms with Crippen LogP contribution in [0.2, 0.25) is 5.02 Å². The molecule has 1 N–H and O–H groups in total. The zero-order valence-corrected chi connectivity index (χ0v) is 14.8. The van der Waals surface area contributed by atoms with Crippen LogP contribution in [0.1, 0.15) is 27.2 Å². The smallest absolute Gasteiger partial charge is 0.259 e. The Kier molecular flexibility index (Phi) is 5.10. The molecule has 128 valence electrons. The molecular formula is C20H18ClNO3. The summed E-state index contributed by atoms with van der Waals surface area (Å²) in [6, 6.07) is 14.7. The third-order valence-corrected chi connectivity index (χ3v) is 4.25. The highest BCUT2D eigenvalue weighted by molar-refractivity contribution is 6.31. The predicted molar refractivity (Wildman–Crippen MR) is 98.4 cm³/mol. The van der Waals surface area contributed by atoms with E-state index < -0.39 is 0 Å². The first-order valence-electron chi connectivity index (χ1n) is 7.87. The van der Waals surface area contributed by atoms with Gasteiger partial charge in [-0.2, -0.15) is 0 Å². The number of rotatable bonds is 5. The van der Waals surface area contributed by atoms with E-state index in [4.69, 9.17) is 20.8 Å². The maximum atomic E-state index is 12.3. The molecular weight excluding hydrogens is 338 g/mol. The van der Waals surface area contributed by atoms with Crippen LogP contribution in [0, 0.1) is 13.8 Å². The van der Waals surface area contributed by atoms with E-state index >= 15 is 0 Å². The van der Waals surface area contributed by atoms with Gasteiger partial charge in [0, 0.05) is 16.3 Å². The van der Waals surface area contributed by atoms with Crippen molar-refractivity contribution in [3.63, 3.8) is 0 Å². The predicted octanol–water partition coefficient (Wildman–Crippen LogP) is 5.38. The summed E-state index contributed by atoms with van der Waals surface area (Å²) in [6.07, 6.45) is 1.49. The fourth-order valence-corrected chi connectivity index (χ4v) is 2.63. The third-order valence-electron chi connectivity index (χ3n) is 3.88. The highest BCUT2D eigenvalue weighted by Gasteiger charge is 2.12. The summed E-state index contributed by atoms with van der Waals surface area (Å²) in [5.41, 5.74) is 3.01. The van der Waals surface area contributed by atoms with Gasteiger partial charge in [-0.15, -0.1) is 0 Å². The number of hydrogen-bond donors (Lipinski definition) is 1. The number of carbonyl (C=O) groups is 1. The van der Waals surface area contributed by atoms with Crippen LogP contribution in [-0.4, -0.2) is 5.91 Å². The van der Waals surface area contributed by atoms with E-state index in [2.05, 4.69) is 5.32 Å². The topological polar surface area (TPSA) is 51.5 Å². The number of aryl methyl sites for hydroxylation is 2. The lowest BCUT2D eigenvalue weighted by molar-refractivity contribution is 0.102. The van der Waals surface area contributed by atoms with E-state index in [1.54, 1.807) is 25.1 Å². The van der Waals surface area contributed by atoms with Crippen LogP contribution in [0.15, 0.2) is 59.2 Å². The summed E-state index contributed by atoms with van der Waals surface area (Å²) in [5, 5.41) is 3.44. The molecule has 3 rings (SSSR count). The van der Waals surface area contributed by atoms with Crippen molar-refractivity contribution in [3.05, 3.63) is 82.3 Å². The molecule has 0 saturated carbocycles. The van der Waals surface area contributed by atoms with Crippen molar-refractivity contribution in [2.45, 2.75) is 20.5 Å². The van der Waals surface area contributed by atoms with Gasteiger partial charge >= 0.3 is 0 Å². The lowest BCUT2D eigenvalue weighted by Gasteiger charge is -2.12. The van der Waals surface area contributed by atoms with Gasteiger partial charge in [0.05, 0.1) is 11.8 Å². The van der Waals surface area contributed by atoms with E-state index in [-0.39, 0.29) is 5.91 Å². The summed E-state index contributed by atoms with van der Waals surface area (Å²) in [7, 11) is 0. The van der Waals surface area contributed by atoms with Crippen LogP contribution in [0.25, 0.3) is 0 Å². The molecule has 5 heteroatoms. The van der Waals surface area contributed by atoms with Crippen molar-refractivity contribution >= 4 is 23.2 Å². The second kappa shape index (κ2) is 7.45. The van der Waals surface area contributed by atoms with Gasteiger partial charge in [-0.25, -0.2) is 0 Å². The molecule has 0 aliphatic carbocycles. The first-order chi connectivity index (χ1) is 12.0. The number of ether oxygens (including phenoxy) is 1. The Balaban J connectivity index is 1.73. The molecule has 4 nitrogen and oxygen atoms in total. The Morgan fingerprint density at radius 1 is 1.16 bits per heavy atom. The van der Waals surface area contributed by atoms with E-state index in [0.29, 0.717) is 28.6 Å². The molecule has 0 bridgehead atoms. The molecule has 1 amide bonds. The van der Waals surface area contributed by atoms with Crippen LogP contribution >= 0.6 is 11.6 Å². The van der Waals surface area contributed by atoms with E-state index in [1.165, 1.54) is 6.26 Å². The second-order valence-corrected chi connectivity index (χ2v) is 6.11. The first-order valence-corrected chi connectivity index (χ1v) is 8.24. The normalized spacial score (nSPS) is 10.5. The average molecular weight is 356 g/mol. The van der Waals surface area contributed by atoms with Crippen LogP contribution in [0.5, 0.6) is 5.75 Å². The zero-order chi connectivity index (χ0) is 17.8. The molecule has 25 heavy (non-hydrogen) atoms. The molecule has 0 aliphatic heterocycles. The number of anilines is 1. The molecule has 0 aliphatic rings. The van der Waals surface area contributed by atoms with Crippen molar-refractivity contribution in [3.8, 4) is 5.75 Å². The average Bonchev–Trinajstić information content (AvgIpc) is 3.03. The van der Waals surface area contributed by atoms with Crippen molar-refractivity contribution in [2.24, 2.45) is 0 Å². The van der Waals surface area contributed by atoms with Gasteiger partial charge in [0.15, 0.2) is 0 Å². The minimum Gasteiger partial charge on any atom is -0.489 e. The van der Waals surface area contributed by atoms with Gasteiger partial charge in [-0.05, 0) is 49.7 Å². The lowest BCUT2D eigenvalue weighted by atomic mass is 10.2. The molecule has 0 unspecified atom stereocenters. The molecule has 0 radical (unpaired) electrons. The fourth-order valence-electron chi connectivity index (χ4n) is 2.46. The van der Waals surface area contributed by atoms with E-state index in [0.717, 1.165) is 16.9 Å². The molecule has 3 aromatic rings. The molecule has 2 aromatic carbocycles. The Hall–Kier alpha value is -2.72. The van der Waals surface area contributed by atoms with Gasteiger partial charge in [-0.3, -0.25) is 4.79 Å². The number of amides is 1. The van der Waals surface area contributed by atoms with Gasteiger partial charge < -0.3 is 14.5 Å². The Labute approximate surface area is 151 Å². The van der Waals surface area contributed by atoms with Crippen LogP contribution in [-0.2, 0) is 6.61 Å². The lowest BCUT2D eigenvalue weighted by Crippen LogP contribution is -2.12. The van der Waals surface area contributed by atoms with Gasteiger partial charge in [0.2, 0.25) is 0 Å². The molecule has 1 heterocycles. The minimum atomic E-state index is -0.223. The van der Waals surface area contributed by atoms with Crippen LogP contribution in [0.3, 0.4) is 0 Å². The Bertz CT molecular complexity index is 901. The first kappa shape index (κ1) is 17.1. The van der Waals surface area contributed by atoms with Crippen molar-refractivity contribution in [1.29, 1.82) is 0 Å². The van der Waals surface area contributed by atoms with Gasteiger partial charge in [0.25, 0.3) is 5.91 Å². The van der Waals surface area contributed by atoms with Gasteiger partial charge in [-0.1, -0.05) is 29.8 Å². The molecule has 0 fully saturated rings. The maximum absolute atomic E-state index is 12.3. The highest BCUT2D eigenvalue weighted by Crippen LogP contribution is 2.24. The number of furan rings is 1. The Morgan fingerprint density at radius 3 is 2.68 bits per heavy atom. The quantitative estimate of drug-likeness (QED) is 0.668. The summed E-state index contributed by atoms with van der Waals surface area (Å²) in [4.78, 5) is 12.3. The molecule has 1 aromatic heterocycles. The molecule has 0 atom stereocenters. The number of benzene rings is 2. The van der Waals surface area contributed by atoms with Crippen LogP contribution < -0.4 is 10.1 Å². The minimum absolute atomic E-state index is 0.223. The second-order valence-electron chi connectivity index (χ2n) is 5.70.